The normalized spacial score (nSPS) is 22.5. The minimum Gasteiger partial charge on any atom is -0.493 e. The van der Waals surface area contributed by atoms with Gasteiger partial charge in [0.15, 0.2) is 17.3 Å². The summed E-state index contributed by atoms with van der Waals surface area (Å²) in [5.41, 5.74) is 2.48. The highest BCUT2D eigenvalue weighted by Gasteiger charge is 2.48. The Balaban J connectivity index is 2.28. The van der Waals surface area contributed by atoms with Gasteiger partial charge in [-0.15, -0.1) is 0 Å². The summed E-state index contributed by atoms with van der Waals surface area (Å²) in [5.74, 6) is -2.67. The molecule has 1 aliphatic heterocycles. The zero-order valence-electron chi connectivity index (χ0n) is 20.1. The highest BCUT2D eigenvalue weighted by molar-refractivity contribution is 6.12. The molecular weight excluding hydrogens is 426 g/mol. The lowest BCUT2D eigenvalue weighted by molar-refractivity contribution is -0.151. The molecule has 0 spiro atoms. The van der Waals surface area contributed by atoms with Gasteiger partial charge < -0.3 is 24.3 Å². The van der Waals surface area contributed by atoms with Crippen LogP contribution < -0.4 is 14.8 Å². The maximum Gasteiger partial charge on any atom is 0.337 e. The van der Waals surface area contributed by atoms with Gasteiger partial charge in [-0.25, -0.2) is 4.79 Å². The van der Waals surface area contributed by atoms with Gasteiger partial charge in [-0.2, -0.15) is 0 Å². The van der Waals surface area contributed by atoms with Crippen LogP contribution in [-0.4, -0.2) is 45.2 Å². The number of carbonyl (C=O) groups excluding carboxylic acids is 3. The molecule has 1 aromatic rings. The molecule has 0 amide bonds. The van der Waals surface area contributed by atoms with E-state index < -0.39 is 23.8 Å². The van der Waals surface area contributed by atoms with Crippen molar-refractivity contribution in [3.8, 4) is 11.5 Å². The van der Waals surface area contributed by atoms with E-state index in [1.165, 1.54) is 21.3 Å². The number of Topliss-reactive ketones (excluding diaryl/α,β-unsaturated/α-hetero) is 1. The van der Waals surface area contributed by atoms with E-state index >= 15 is 0 Å². The van der Waals surface area contributed by atoms with Crippen LogP contribution in [0.5, 0.6) is 11.5 Å². The monoisotopic (exact) mass is 457 g/mol. The Labute approximate surface area is 193 Å². The van der Waals surface area contributed by atoms with Crippen LogP contribution in [0.15, 0.2) is 40.7 Å². The van der Waals surface area contributed by atoms with Gasteiger partial charge in [-0.05, 0) is 39.2 Å². The highest BCUT2D eigenvalue weighted by Crippen LogP contribution is 2.49. The first-order chi connectivity index (χ1) is 15.7. The maximum absolute atomic E-state index is 13.8. The molecule has 178 valence electrons. The van der Waals surface area contributed by atoms with Crippen molar-refractivity contribution in [2.75, 3.05) is 21.3 Å². The number of esters is 2. The standard InChI is InChI=1S/C25H31NO7/c1-12(2)33-25(29)19-14(4)26-16-11-13(3)18(24(28)32-7)22(27)21(16)20(19)15-9-8-10-17(30-5)23(15)31-6/h8-10,12-13,18,20,26H,11H2,1-7H3/t13-,18+,20+/m0/s1. The SMILES string of the molecule is COC(=O)[C@H]1C(=O)C2=C(C[C@@H]1C)NC(C)=C(C(=O)OC(C)C)[C@H]2c1cccc(OC)c1OC. The van der Waals surface area contributed by atoms with E-state index in [0.717, 1.165) is 0 Å². The molecule has 8 heteroatoms. The number of ketones is 1. The third kappa shape index (κ3) is 4.34. The van der Waals surface area contributed by atoms with Crippen molar-refractivity contribution in [3.05, 3.63) is 46.3 Å². The molecule has 33 heavy (non-hydrogen) atoms. The molecule has 0 bridgehead atoms. The molecule has 0 aromatic heterocycles. The van der Waals surface area contributed by atoms with Crippen LogP contribution in [-0.2, 0) is 23.9 Å². The molecule has 1 aromatic carbocycles. The Hall–Kier alpha value is -3.29. The number of nitrogens with one attached hydrogen (secondary N) is 1. The largest absolute Gasteiger partial charge is 0.493 e. The van der Waals surface area contributed by atoms with Gasteiger partial charge in [-0.3, -0.25) is 9.59 Å². The smallest absolute Gasteiger partial charge is 0.337 e. The first-order valence-corrected chi connectivity index (χ1v) is 10.9. The fourth-order valence-corrected chi connectivity index (χ4v) is 4.68. The van der Waals surface area contributed by atoms with Gasteiger partial charge in [0.2, 0.25) is 0 Å². The van der Waals surface area contributed by atoms with E-state index in [-0.39, 0.29) is 17.8 Å². The number of hydrogen-bond donors (Lipinski definition) is 1. The quantitative estimate of drug-likeness (QED) is 0.513. The molecule has 3 rings (SSSR count). The number of dihydropyridines is 1. The number of para-hydroxylation sites is 1. The van der Waals surface area contributed by atoms with Crippen molar-refractivity contribution < 1.29 is 33.3 Å². The van der Waals surface area contributed by atoms with Crippen LogP contribution in [0.4, 0.5) is 0 Å². The highest BCUT2D eigenvalue weighted by atomic mass is 16.5. The summed E-state index contributed by atoms with van der Waals surface area (Å²) in [5, 5.41) is 3.24. The first kappa shape index (κ1) is 24.4. The van der Waals surface area contributed by atoms with Crippen LogP contribution in [0.1, 0.15) is 45.6 Å². The van der Waals surface area contributed by atoms with Crippen molar-refractivity contribution >= 4 is 17.7 Å². The Bertz CT molecular complexity index is 1040. The molecule has 3 atom stereocenters. The van der Waals surface area contributed by atoms with Crippen molar-refractivity contribution in [2.24, 2.45) is 11.8 Å². The van der Waals surface area contributed by atoms with Crippen molar-refractivity contribution in [2.45, 2.75) is 46.1 Å². The zero-order chi connectivity index (χ0) is 24.4. The Morgan fingerprint density at radius 2 is 1.82 bits per heavy atom. The third-order valence-corrected chi connectivity index (χ3v) is 6.05. The van der Waals surface area contributed by atoms with Gasteiger partial charge in [-0.1, -0.05) is 19.1 Å². The van der Waals surface area contributed by atoms with Gasteiger partial charge in [0.05, 0.1) is 38.9 Å². The fraction of sp³-hybridized carbons (Fsp3) is 0.480. The molecule has 0 unspecified atom stereocenters. The molecule has 1 heterocycles. The van der Waals surface area contributed by atoms with Crippen molar-refractivity contribution in [1.82, 2.24) is 5.32 Å². The minimum absolute atomic E-state index is 0.263. The molecule has 0 radical (unpaired) electrons. The number of methoxy groups -OCH3 is 3. The van der Waals surface area contributed by atoms with Crippen LogP contribution in [0.2, 0.25) is 0 Å². The average molecular weight is 458 g/mol. The summed E-state index contributed by atoms with van der Waals surface area (Å²) in [6.07, 6.45) is 0.0962. The topological polar surface area (TPSA) is 100 Å². The predicted molar refractivity (Wildman–Crippen MR) is 121 cm³/mol. The molecular formula is C25H31NO7. The molecule has 0 saturated carbocycles. The van der Waals surface area contributed by atoms with E-state index in [0.29, 0.717) is 46.0 Å². The first-order valence-electron chi connectivity index (χ1n) is 10.9. The molecule has 0 fully saturated rings. The molecule has 2 aliphatic rings. The molecule has 0 saturated heterocycles. The van der Waals surface area contributed by atoms with Crippen molar-refractivity contribution in [1.29, 1.82) is 0 Å². The van der Waals surface area contributed by atoms with Crippen LogP contribution in [0.25, 0.3) is 0 Å². The fourth-order valence-electron chi connectivity index (χ4n) is 4.68. The summed E-state index contributed by atoms with van der Waals surface area (Å²) in [4.78, 5) is 39.5. The van der Waals surface area contributed by atoms with Gasteiger partial charge >= 0.3 is 11.9 Å². The summed E-state index contributed by atoms with van der Waals surface area (Å²) >= 11 is 0. The van der Waals surface area contributed by atoms with E-state index in [1.807, 2.05) is 6.92 Å². The Morgan fingerprint density at radius 1 is 1.12 bits per heavy atom. The number of ether oxygens (including phenoxy) is 4. The minimum atomic E-state index is -0.963. The molecule has 1 aliphatic carbocycles. The summed E-state index contributed by atoms with van der Waals surface area (Å²) in [6.45, 7) is 7.14. The number of benzene rings is 1. The number of carbonyl (C=O) groups is 3. The van der Waals surface area contributed by atoms with Crippen LogP contribution in [0.3, 0.4) is 0 Å². The van der Waals surface area contributed by atoms with E-state index in [9.17, 15) is 14.4 Å². The lowest BCUT2D eigenvalue weighted by Crippen LogP contribution is -2.43. The predicted octanol–water partition coefficient (Wildman–Crippen LogP) is 3.27. The summed E-state index contributed by atoms with van der Waals surface area (Å²) < 4.78 is 21.6. The second-order valence-corrected chi connectivity index (χ2v) is 8.57. The van der Waals surface area contributed by atoms with Gasteiger partial charge in [0, 0.05) is 22.5 Å². The Morgan fingerprint density at radius 3 is 2.39 bits per heavy atom. The zero-order valence-corrected chi connectivity index (χ0v) is 20.1. The van der Waals surface area contributed by atoms with Crippen LogP contribution in [0, 0.1) is 11.8 Å². The van der Waals surface area contributed by atoms with Gasteiger partial charge in [0.1, 0.15) is 5.92 Å². The Kier molecular flexibility index (Phi) is 7.15. The number of hydrogen-bond acceptors (Lipinski definition) is 8. The second-order valence-electron chi connectivity index (χ2n) is 8.57. The summed E-state index contributed by atoms with van der Waals surface area (Å²) in [6, 6.07) is 5.30. The van der Waals surface area contributed by atoms with Gasteiger partial charge in [0.25, 0.3) is 0 Å². The van der Waals surface area contributed by atoms with Crippen LogP contribution >= 0.6 is 0 Å². The van der Waals surface area contributed by atoms with E-state index in [4.69, 9.17) is 18.9 Å². The lowest BCUT2D eigenvalue weighted by Gasteiger charge is -2.38. The number of rotatable bonds is 6. The van der Waals surface area contributed by atoms with E-state index in [1.54, 1.807) is 39.0 Å². The second kappa shape index (κ2) is 9.68. The lowest BCUT2D eigenvalue weighted by atomic mass is 9.69. The van der Waals surface area contributed by atoms with E-state index in [2.05, 4.69) is 5.32 Å². The van der Waals surface area contributed by atoms with Crippen molar-refractivity contribution in [3.63, 3.8) is 0 Å². The average Bonchev–Trinajstić information content (AvgIpc) is 2.76. The summed E-state index contributed by atoms with van der Waals surface area (Å²) in [7, 11) is 4.29. The number of allylic oxidation sites excluding steroid dienone is 3. The third-order valence-electron chi connectivity index (χ3n) is 6.05. The molecule has 8 nitrogen and oxygen atoms in total. The maximum atomic E-state index is 13.8. The molecule has 1 N–H and O–H groups in total.